The molecule has 0 atom stereocenters. The molecule has 0 bridgehead atoms. The van der Waals surface area contributed by atoms with Crippen molar-refractivity contribution in [2.75, 3.05) is 12.4 Å². The van der Waals surface area contributed by atoms with Crippen LogP contribution in [0.1, 0.15) is 4.88 Å². The Morgan fingerprint density at radius 2 is 2.08 bits per heavy atom. The van der Waals surface area contributed by atoms with Crippen molar-refractivity contribution in [2.45, 2.75) is 6.54 Å². The van der Waals surface area contributed by atoms with Crippen LogP contribution in [0.25, 0.3) is 21.2 Å². The van der Waals surface area contributed by atoms with Crippen molar-refractivity contribution in [2.24, 2.45) is 0 Å². The molecule has 0 unspecified atom stereocenters. The number of nitrogens with one attached hydrogen (secondary N) is 1. The predicted octanol–water partition coefficient (Wildman–Crippen LogP) is 5.65. The van der Waals surface area contributed by atoms with Crippen LogP contribution in [0.2, 0.25) is 0 Å². The molecule has 0 spiro atoms. The Labute approximate surface area is 148 Å². The molecule has 3 nitrogen and oxygen atoms in total. The Hall–Kier alpha value is -2.37. The molecular weight excluding hydrogens is 336 g/mol. The first-order chi connectivity index (χ1) is 11.8. The molecule has 0 saturated heterocycles. The van der Waals surface area contributed by atoms with E-state index in [9.17, 15) is 0 Å². The van der Waals surface area contributed by atoms with Crippen molar-refractivity contribution in [1.29, 1.82) is 0 Å². The Balaban J connectivity index is 1.76. The lowest BCUT2D eigenvalue weighted by Crippen LogP contribution is -2.00. The first-order valence-electron chi connectivity index (χ1n) is 7.62. The number of anilines is 1. The summed E-state index contributed by atoms with van der Waals surface area (Å²) in [5.41, 5.74) is 2.34. The van der Waals surface area contributed by atoms with Crippen LogP contribution in [0, 0.1) is 0 Å². The fourth-order valence-electron chi connectivity index (χ4n) is 2.70. The van der Waals surface area contributed by atoms with Gasteiger partial charge in [-0.2, -0.15) is 0 Å². The predicted molar refractivity (Wildman–Crippen MR) is 103 cm³/mol. The zero-order chi connectivity index (χ0) is 16.4. The van der Waals surface area contributed by atoms with E-state index in [0.29, 0.717) is 0 Å². The maximum absolute atomic E-state index is 5.37. The summed E-state index contributed by atoms with van der Waals surface area (Å²) in [6.07, 6.45) is 1.87. The van der Waals surface area contributed by atoms with Gasteiger partial charge in [-0.05, 0) is 40.6 Å². The van der Waals surface area contributed by atoms with Gasteiger partial charge in [0.15, 0.2) is 0 Å². The second-order valence-corrected chi connectivity index (χ2v) is 7.29. The third kappa shape index (κ3) is 2.88. The molecule has 1 aromatic carbocycles. The van der Waals surface area contributed by atoms with Gasteiger partial charge in [0, 0.05) is 26.7 Å². The molecule has 0 radical (unpaired) electrons. The Kier molecular flexibility index (Phi) is 4.19. The number of hydrogen-bond donors (Lipinski definition) is 1. The van der Waals surface area contributed by atoms with Gasteiger partial charge in [0.25, 0.3) is 0 Å². The van der Waals surface area contributed by atoms with Crippen LogP contribution < -0.4 is 10.1 Å². The van der Waals surface area contributed by atoms with Crippen LogP contribution in [0.4, 0.5) is 5.82 Å². The van der Waals surface area contributed by atoms with Gasteiger partial charge in [-0.15, -0.1) is 22.7 Å². The molecule has 24 heavy (non-hydrogen) atoms. The number of fused-ring (bicyclic) bond motifs is 1. The highest BCUT2D eigenvalue weighted by Crippen LogP contribution is 2.38. The van der Waals surface area contributed by atoms with E-state index in [0.717, 1.165) is 23.7 Å². The minimum atomic E-state index is 0.789. The van der Waals surface area contributed by atoms with Gasteiger partial charge in [0.05, 0.1) is 13.7 Å². The molecule has 0 aliphatic rings. The van der Waals surface area contributed by atoms with Crippen molar-refractivity contribution in [1.82, 2.24) is 4.98 Å². The van der Waals surface area contributed by atoms with E-state index in [4.69, 9.17) is 4.74 Å². The zero-order valence-electron chi connectivity index (χ0n) is 13.2. The normalized spacial score (nSPS) is 10.9. The van der Waals surface area contributed by atoms with Gasteiger partial charge in [-0.3, -0.25) is 0 Å². The first kappa shape index (κ1) is 15.2. The van der Waals surface area contributed by atoms with Crippen LogP contribution in [0.3, 0.4) is 0 Å². The second kappa shape index (κ2) is 6.63. The molecule has 3 heterocycles. The number of nitrogens with zero attached hydrogens (tertiary/aromatic N) is 1. The molecule has 0 aliphatic carbocycles. The zero-order valence-corrected chi connectivity index (χ0v) is 14.8. The summed E-state index contributed by atoms with van der Waals surface area (Å²) in [6.45, 7) is 0.789. The summed E-state index contributed by atoms with van der Waals surface area (Å²) in [5.74, 6) is 1.80. The molecule has 4 rings (SSSR count). The summed E-state index contributed by atoms with van der Waals surface area (Å²) < 4.78 is 6.60. The highest BCUT2D eigenvalue weighted by atomic mass is 32.1. The summed E-state index contributed by atoms with van der Waals surface area (Å²) in [4.78, 5) is 5.87. The SMILES string of the molecule is COc1cccc(-c2csc3ccnc(NCc4cccs4)c23)c1. The molecule has 0 amide bonds. The molecular formula is C19H16N2OS2. The third-order valence-corrected chi connectivity index (χ3v) is 5.70. The number of aromatic nitrogens is 1. The van der Waals surface area contributed by atoms with Crippen molar-refractivity contribution in [3.8, 4) is 16.9 Å². The minimum absolute atomic E-state index is 0.789. The average molecular weight is 352 g/mol. The molecule has 5 heteroatoms. The molecule has 0 saturated carbocycles. The summed E-state index contributed by atoms with van der Waals surface area (Å²) in [6, 6.07) is 14.4. The van der Waals surface area contributed by atoms with Crippen LogP contribution in [-0.2, 0) is 6.54 Å². The monoisotopic (exact) mass is 352 g/mol. The van der Waals surface area contributed by atoms with E-state index in [1.165, 1.54) is 20.5 Å². The van der Waals surface area contributed by atoms with Gasteiger partial charge < -0.3 is 10.1 Å². The van der Waals surface area contributed by atoms with Crippen molar-refractivity contribution < 1.29 is 4.74 Å². The number of methoxy groups -OCH3 is 1. The van der Waals surface area contributed by atoms with E-state index in [-0.39, 0.29) is 0 Å². The van der Waals surface area contributed by atoms with Gasteiger partial charge in [-0.1, -0.05) is 18.2 Å². The third-order valence-electron chi connectivity index (χ3n) is 3.88. The maximum Gasteiger partial charge on any atom is 0.135 e. The number of hydrogen-bond acceptors (Lipinski definition) is 5. The summed E-state index contributed by atoms with van der Waals surface area (Å²) in [7, 11) is 1.69. The van der Waals surface area contributed by atoms with Crippen molar-refractivity contribution >= 4 is 38.6 Å². The number of benzene rings is 1. The molecule has 1 N–H and O–H groups in total. The largest absolute Gasteiger partial charge is 0.497 e. The quantitative estimate of drug-likeness (QED) is 0.504. The molecule has 0 fully saturated rings. The topological polar surface area (TPSA) is 34.1 Å². The van der Waals surface area contributed by atoms with Crippen LogP contribution >= 0.6 is 22.7 Å². The number of ether oxygens (including phenoxy) is 1. The highest BCUT2D eigenvalue weighted by Gasteiger charge is 2.12. The highest BCUT2D eigenvalue weighted by molar-refractivity contribution is 7.17. The van der Waals surface area contributed by atoms with E-state index >= 15 is 0 Å². The smallest absolute Gasteiger partial charge is 0.135 e. The lowest BCUT2D eigenvalue weighted by molar-refractivity contribution is 0.415. The van der Waals surface area contributed by atoms with Crippen LogP contribution in [0.5, 0.6) is 5.75 Å². The van der Waals surface area contributed by atoms with Crippen LogP contribution in [0.15, 0.2) is 59.4 Å². The Morgan fingerprint density at radius 3 is 2.92 bits per heavy atom. The Morgan fingerprint density at radius 1 is 1.12 bits per heavy atom. The lowest BCUT2D eigenvalue weighted by atomic mass is 10.0. The average Bonchev–Trinajstić information content (AvgIpc) is 3.29. The van der Waals surface area contributed by atoms with Gasteiger partial charge >= 0.3 is 0 Å². The molecule has 3 aromatic heterocycles. The van der Waals surface area contributed by atoms with Gasteiger partial charge in [0.1, 0.15) is 11.6 Å². The van der Waals surface area contributed by atoms with Gasteiger partial charge in [-0.25, -0.2) is 4.98 Å². The lowest BCUT2D eigenvalue weighted by Gasteiger charge is -2.09. The molecule has 0 aliphatic heterocycles. The number of pyridine rings is 1. The standard InChI is InChI=1S/C19H16N2OS2/c1-22-14-5-2-4-13(10-14)16-12-24-17-7-8-20-19(18(16)17)21-11-15-6-3-9-23-15/h2-10,12H,11H2,1H3,(H,20,21). The van der Waals surface area contributed by atoms with Crippen molar-refractivity contribution in [3.05, 3.63) is 64.3 Å². The maximum atomic E-state index is 5.37. The number of thiophene rings is 2. The van der Waals surface area contributed by atoms with Gasteiger partial charge in [0.2, 0.25) is 0 Å². The van der Waals surface area contributed by atoms with E-state index in [1.807, 2.05) is 18.3 Å². The van der Waals surface area contributed by atoms with E-state index in [2.05, 4.69) is 51.4 Å². The first-order valence-corrected chi connectivity index (χ1v) is 9.38. The summed E-state index contributed by atoms with van der Waals surface area (Å²) >= 11 is 3.49. The number of rotatable bonds is 5. The fourth-order valence-corrected chi connectivity index (χ4v) is 4.31. The van der Waals surface area contributed by atoms with Crippen LogP contribution in [-0.4, -0.2) is 12.1 Å². The second-order valence-electron chi connectivity index (χ2n) is 5.35. The van der Waals surface area contributed by atoms with E-state index < -0.39 is 0 Å². The molecule has 120 valence electrons. The summed E-state index contributed by atoms with van der Waals surface area (Å²) in [5, 5.41) is 8.95. The van der Waals surface area contributed by atoms with Crippen molar-refractivity contribution in [3.63, 3.8) is 0 Å². The molecule has 4 aromatic rings. The minimum Gasteiger partial charge on any atom is -0.497 e. The Bertz CT molecular complexity index is 961. The van der Waals surface area contributed by atoms with E-state index in [1.54, 1.807) is 29.8 Å². The fraction of sp³-hybridized carbons (Fsp3) is 0.105.